The largest absolute Gasteiger partial charge is 0.478 e. The van der Waals surface area contributed by atoms with Crippen LogP contribution in [0.1, 0.15) is 22.3 Å². The summed E-state index contributed by atoms with van der Waals surface area (Å²) in [4.78, 5) is 24.3. The van der Waals surface area contributed by atoms with Crippen molar-refractivity contribution in [3.63, 3.8) is 0 Å². The average Bonchev–Trinajstić information content (AvgIpc) is 2.45. The fraction of sp³-hybridized carbons (Fsp3) is 0.333. The summed E-state index contributed by atoms with van der Waals surface area (Å²) in [5.41, 5.74) is 0.983. The van der Waals surface area contributed by atoms with Crippen LogP contribution in [0.3, 0.4) is 0 Å². The Morgan fingerprint density at radius 1 is 1.40 bits per heavy atom. The van der Waals surface area contributed by atoms with Gasteiger partial charge in [0.05, 0.1) is 5.56 Å². The highest BCUT2D eigenvalue weighted by Crippen LogP contribution is 2.10. The van der Waals surface area contributed by atoms with E-state index in [0.29, 0.717) is 31.5 Å². The molecule has 0 aliphatic heterocycles. The van der Waals surface area contributed by atoms with Crippen molar-refractivity contribution in [3.8, 4) is 12.3 Å². The molecule has 0 heterocycles. The molecule has 5 nitrogen and oxygen atoms in total. The summed E-state index contributed by atoms with van der Waals surface area (Å²) in [5, 5.41) is 11.8. The number of terminal acetylenes is 1. The topological polar surface area (TPSA) is 69.6 Å². The van der Waals surface area contributed by atoms with E-state index in [-0.39, 0.29) is 11.6 Å². The predicted molar refractivity (Wildman–Crippen MR) is 76.6 cm³/mol. The zero-order valence-corrected chi connectivity index (χ0v) is 11.4. The number of carbonyl (C=O) groups excluding carboxylic acids is 1. The number of hydrogen-bond acceptors (Lipinski definition) is 2. The molecule has 0 radical (unpaired) electrons. The molecular formula is C15H18N2O3. The molecule has 106 valence electrons. The van der Waals surface area contributed by atoms with E-state index in [1.807, 2.05) is 0 Å². The van der Waals surface area contributed by atoms with E-state index in [2.05, 4.69) is 11.2 Å². The fourth-order valence-electron chi connectivity index (χ4n) is 1.71. The number of nitrogens with zero attached hydrogens (tertiary/aromatic N) is 1. The molecule has 5 heteroatoms. The second-order valence-corrected chi connectivity index (χ2v) is 4.32. The lowest BCUT2D eigenvalue weighted by Crippen LogP contribution is -2.38. The second kappa shape index (κ2) is 7.85. The van der Waals surface area contributed by atoms with Gasteiger partial charge in [-0.3, -0.25) is 0 Å². The summed E-state index contributed by atoms with van der Waals surface area (Å²) in [7, 11) is 1.66. The summed E-state index contributed by atoms with van der Waals surface area (Å²) in [6.07, 6.45) is 6.08. The first-order valence-electron chi connectivity index (χ1n) is 6.30. The fourth-order valence-corrected chi connectivity index (χ4v) is 1.71. The molecule has 0 aliphatic rings. The van der Waals surface area contributed by atoms with Crippen LogP contribution < -0.4 is 5.32 Å². The predicted octanol–water partition coefficient (Wildman–Crippen LogP) is 1.59. The van der Waals surface area contributed by atoms with Gasteiger partial charge >= 0.3 is 12.0 Å². The third-order valence-corrected chi connectivity index (χ3v) is 2.86. The van der Waals surface area contributed by atoms with E-state index < -0.39 is 5.97 Å². The standard InChI is InChI=1S/C15H18N2O3/c1-3-4-10-16-15(20)17(2)11-9-12-7-5-6-8-13(12)14(18)19/h1,5-8H,4,9-11H2,2H3,(H,16,20)(H,18,19). The van der Waals surface area contributed by atoms with E-state index in [0.717, 1.165) is 0 Å². The highest BCUT2D eigenvalue weighted by atomic mass is 16.4. The van der Waals surface area contributed by atoms with Crippen molar-refractivity contribution in [1.82, 2.24) is 10.2 Å². The average molecular weight is 274 g/mol. The molecule has 0 saturated heterocycles. The molecule has 1 aromatic carbocycles. The van der Waals surface area contributed by atoms with Gasteiger partial charge in [0, 0.05) is 26.6 Å². The summed E-state index contributed by atoms with van der Waals surface area (Å²) in [6.45, 7) is 0.873. The second-order valence-electron chi connectivity index (χ2n) is 4.32. The van der Waals surface area contributed by atoms with Crippen molar-refractivity contribution >= 4 is 12.0 Å². The first-order valence-corrected chi connectivity index (χ1v) is 6.30. The molecular weight excluding hydrogens is 256 g/mol. The molecule has 2 N–H and O–H groups in total. The first-order chi connectivity index (χ1) is 9.56. The van der Waals surface area contributed by atoms with Gasteiger partial charge in [-0.2, -0.15) is 0 Å². The van der Waals surface area contributed by atoms with Gasteiger partial charge in [0.15, 0.2) is 0 Å². The Hall–Kier alpha value is -2.48. The van der Waals surface area contributed by atoms with Crippen molar-refractivity contribution in [2.45, 2.75) is 12.8 Å². The van der Waals surface area contributed by atoms with Crippen molar-refractivity contribution in [2.75, 3.05) is 20.1 Å². The Kier molecular flexibility index (Phi) is 6.11. The van der Waals surface area contributed by atoms with Gasteiger partial charge in [-0.25, -0.2) is 9.59 Å². The van der Waals surface area contributed by atoms with Gasteiger partial charge in [-0.05, 0) is 18.1 Å². The Balaban J connectivity index is 2.53. The Labute approximate surface area is 118 Å². The summed E-state index contributed by atoms with van der Waals surface area (Å²) in [6, 6.07) is 6.57. The smallest absolute Gasteiger partial charge is 0.335 e. The maximum absolute atomic E-state index is 11.7. The maximum Gasteiger partial charge on any atom is 0.335 e. The first kappa shape index (κ1) is 15.6. The van der Waals surface area contributed by atoms with Gasteiger partial charge in [0.25, 0.3) is 0 Å². The monoisotopic (exact) mass is 274 g/mol. The van der Waals surface area contributed by atoms with Crippen molar-refractivity contribution in [1.29, 1.82) is 0 Å². The molecule has 0 aromatic heterocycles. The van der Waals surface area contributed by atoms with Crippen LogP contribution in [0.4, 0.5) is 4.79 Å². The highest BCUT2D eigenvalue weighted by molar-refractivity contribution is 5.89. The zero-order valence-electron chi connectivity index (χ0n) is 11.4. The maximum atomic E-state index is 11.7. The number of aromatic carboxylic acids is 1. The lowest BCUT2D eigenvalue weighted by Gasteiger charge is -2.18. The van der Waals surface area contributed by atoms with Crippen molar-refractivity contribution < 1.29 is 14.7 Å². The number of likely N-dealkylation sites (N-methyl/N-ethyl adjacent to an activating group) is 1. The minimum absolute atomic E-state index is 0.215. The molecule has 1 rings (SSSR count). The van der Waals surface area contributed by atoms with Gasteiger partial charge in [-0.15, -0.1) is 12.3 Å². The molecule has 0 aliphatic carbocycles. The normalized spacial score (nSPS) is 9.60. The summed E-state index contributed by atoms with van der Waals surface area (Å²) < 4.78 is 0. The molecule has 2 amide bonds. The third-order valence-electron chi connectivity index (χ3n) is 2.86. The van der Waals surface area contributed by atoms with Gasteiger partial charge in [-0.1, -0.05) is 18.2 Å². The molecule has 0 unspecified atom stereocenters. The van der Waals surface area contributed by atoms with Crippen LogP contribution in [0.15, 0.2) is 24.3 Å². The van der Waals surface area contributed by atoms with Crippen LogP contribution in [0.2, 0.25) is 0 Å². The molecule has 1 aromatic rings. The van der Waals surface area contributed by atoms with Gasteiger partial charge in [0.1, 0.15) is 0 Å². The van der Waals surface area contributed by atoms with Crippen LogP contribution in [0, 0.1) is 12.3 Å². The number of hydrogen-bond donors (Lipinski definition) is 2. The molecule has 0 fully saturated rings. The van der Waals surface area contributed by atoms with Crippen LogP contribution in [0.5, 0.6) is 0 Å². The molecule has 0 bridgehead atoms. The lowest BCUT2D eigenvalue weighted by atomic mass is 10.0. The Morgan fingerprint density at radius 3 is 2.75 bits per heavy atom. The number of nitrogens with one attached hydrogen (secondary N) is 1. The van der Waals surface area contributed by atoms with E-state index >= 15 is 0 Å². The SMILES string of the molecule is C#CCCNC(=O)N(C)CCc1ccccc1C(=O)O. The zero-order chi connectivity index (χ0) is 15.0. The number of carbonyl (C=O) groups is 2. The highest BCUT2D eigenvalue weighted by Gasteiger charge is 2.11. The van der Waals surface area contributed by atoms with Gasteiger partial charge < -0.3 is 15.3 Å². The van der Waals surface area contributed by atoms with Crippen LogP contribution >= 0.6 is 0 Å². The number of benzene rings is 1. The number of carboxylic acid groups (broad SMARTS) is 1. The lowest BCUT2D eigenvalue weighted by molar-refractivity contribution is 0.0695. The van der Waals surface area contributed by atoms with Crippen LogP contribution in [0.25, 0.3) is 0 Å². The molecule has 0 saturated carbocycles. The summed E-state index contributed by atoms with van der Waals surface area (Å²) >= 11 is 0. The minimum Gasteiger partial charge on any atom is -0.478 e. The molecule has 20 heavy (non-hydrogen) atoms. The quantitative estimate of drug-likeness (QED) is 0.611. The van der Waals surface area contributed by atoms with E-state index in [1.165, 1.54) is 4.90 Å². The van der Waals surface area contributed by atoms with E-state index in [1.54, 1.807) is 31.3 Å². The Bertz CT molecular complexity index is 520. The molecule has 0 atom stereocenters. The number of rotatable bonds is 6. The Morgan fingerprint density at radius 2 is 2.10 bits per heavy atom. The van der Waals surface area contributed by atoms with E-state index in [9.17, 15) is 9.59 Å². The number of urea groups is 1. The van der Waals surface area contributed by atoms with Crippen molar-refractivity contribution in [2.24, 2.45) is 0 Å². The third kappa shape index (κ3) is 4.65. The van der Waals surface area contributed by atoms with Crippen molar-refractivity contribution in [3.05, 3.63) is 35.4 Å². The minimum atomic E-state index is -0.957. The molecule has 0 spiro atoms. The summed E-state index contributed by atoms with van der Waals surface area (Å²) in [5.74, 6) is 1.48. The van der Waals surface area contributed by atoms with Crippen LogP contribution in [-0.2, 0) is 6.42 Å². The van der Waals surface area contributed by atoms with E-state index in [4.69, 9.17) is 11.5 Å². The van der Waals surface area contributed by atoms with Crippen LogP contribution in [-0.4, -0.2) is 42.1 Å². The number of carboxylic acids is 1. The number of amides is 2. The van der Waals surface area contributed by atoms with Gasteiger partial charge in [0.2, 0.25) is 0 Å².